The molecule has 0 amide bonds. The van der Waals surface area contributed by atoms with Crippen molar-refractivity contribution in [3.05, 3.63) is 0 Å². The first-order valence-corrected chi connectivity index (χ1v) is 3.74. The van der Waals surface area contributed by atoms with E-state index in [1.165, 1.54) is 19.3 Å². The molecule has 3 aliphatic rings. The van der Waals surface area contributed by atoms with Gasteiger partial charge in [-0.2, -0.15) is 0 Å². The highest BCUT2D eigenvalue weighted by molar-refractivity contribution is 5.86. The highest BCUT2D eigenvalue weighted by Crippen LogP contribution is 2.52. The third kappa shape index (κ3) is 0.577. The Morgan fingerprint density at radius 1 is 1.56 bits per heavy atom. The number of rotatable bonds is 0. The molecular weight excluding hydrogens is 112 g/mol. The highest BCUT2D eigenvalue weighted by atomic mass is 16.1. The molecular formula is C8H12O. The summed E-state index contributed by atoms with van der Waals surface area (Å²) in [5, 5.41) is 0. The summed E-state index contributed by atoms with van der Waals surface area (Å²) in [5.41, 5.74) is 0.142. The molecule has 0 aromatic carbocycles. The number of carbonyl (C=O) groups is 1. The number of carbonyl (C=O) groups excluding carboxylic acids is 1. The van der Waals surface area contributed by atoms with Crippen molar-refractivity contribution >= 4 is 5.78 Å². The monoisotopic (exact) mass is 124 g/mol. The van der Waals surface area contributed by atoms with E-state index >= 15 is 0 Å². The third-order valence-electron chi connectivity index (χ3n) is 2.93. The van der Waals surface area contributed by atoms with Gasteiger partial charge in [-0.05, 0) is 25.2 Å². The maximum absolute atomic E-state index is 11.2. The van der Waals surface area contributed by atoms with Crippen molar-refractivity contribution < 1.29 is 4.79 Å². The number of hydrogen-bond acceptors (Lipinski definition) is 1. The first kappa shape index (κ1) is 5.45. The molecule has 1 heteroatoms. The van der Waals surface area contributed by atoms with E-state index in [0.29, 0.717) is 5.78 Å². The van der Waals surface area contributed by atoms with Crippen LogP contribution in [0, 0.1) is 11.3 Å². The molecule has 0 aromatic rings. The molecule has 0 atom stereocenters. The second kappa shape index (κ2) is 1.39. The van der Waals surface area contributed by atoms with Gasteiger partial charge in [0.15, 0.2) is 0 Å². The van der Waals surface area contributed by atoms with Gasteiger partial charge in [-0.25, -0.2) is 0 Å². The van der Waals surface area contributed by atoms with Gasteiger partial charge < -0.3 is 0 Å². The van der Waals surface area contributed by atoms with Crippen molar-refractivity contribution in [2.45, 2.75) is 32.6 Å². The van der Waals surface area contributed by atoms with E-state index in [4.69, 9.17) is 0 Å². The second-order valence-corrected chi connectivity index (χ2v) is 3.80. The lowest BCUT2D eigenvalue weighted by Gasteiger charge is -2.48. The van der Waals surface area contributed by atoms with Gasteiger partial charge in [-0.15, -0.1) is 0 Å². The van der Waals surface area contributed by atoms with Gasteiger partial charge in [0.05, 0.1) is 0 Å². The van der Waals surface area contributed by atoms with Gasteiger partial charge in [0.2, 0.25) is 0 Å². The van der Waals surface area contributed by atoms with Crippen LogP contribution in [0.5, 0.6) is 0 Å². The molecule has 0 unspecified atom stereocenters. The van der Waals surface area contributed by atoms with Crippen molar-refractivity contribution in [3.8, 4) is 0 Å². The third-order valence-corrected chi connectivity index (χ3v) is 2.93. The van der Waals surface area contributed by atoms with Gasteiger partial charge >= 0.3 is 0 Å². The maximum Gasteiger partial charge on any atom is 0.138 e. The fraction of sp³-hybridized carbons (Fsp3) is 0.875. The number of ketones is 1. The van der Waals surface area contributed by atoms with Crippen LogP contribution < -0.4 is 0 Å². The van der Waals surface area contributed by atoms with Crippen LogP contribution in [0.2, 0.25) is 0 Å². The summed E-state index contributed by atoms with van der Waals surface area (Å²) < 4.78 is 0. The van der Waals surface area contributed by atoms with Crippen LogP contribution >= 0.6 is 0 Å². The minimum Gasteiger partial charge on any atom is -0.299 e. The summed E-state index contributed by atoms with van der Waals surface area (Å²) in [6.07, 6.45) is 4.41. The Hall–Kier alpha value is -0.330. The van der Waals surface area contributed by atoms with Crippen molar-refractivity contribution in [1.29, 1.82) is 0 Å². The zero-order valence-electron chi connectivity index (χ0n) is 5.81. The molecule has 1 nitrogen and oxygen atoms in total. The summed E-state index contributed by atoms with van der Waals surface area (Å²) >= 11 is 0. The summed E-state index contributed by atoms with van der Waals surface area (Å²) in [6.45, 7) is 2.12. The molecule has 0 N–H and O–H groups in total. The quantitative estimate of drug-likeness (QED) is 0.481. The van der Waals surface area contributed by atoms with E-state index in [0.717, 1.165) is 12.3 Å². The Kier molecular flexibility index (Phi) is 0.842. The predicted molar refractivity (Wildman–Crippen MR) is 35.1 cm³/mol. The van der Waals surface area contributed by atoms with Crippen LogP contribution in [0.1, 0.15) is 32.6 Å². The smallest absolute Gasteiger partial charge is 0.138 e. The molecule has 0 aliphatic heterocycles. The van der Waals surface area contributed by atoms with E-state index in [9.17, 15) is 4.79 Å². The van der Waals surface area contributed by atoms with Gasteiger partial charge in [0, 0.05) is 11.8 Å². The lowest BCUT2D eigenvalue weighted by molar-refractivity contribution is -0.142. The lowest BCUT2D eigenvalue weighted by atomic mass is 9.55. The van der Waals surface area contributed by atoms with Crippen LogP contribution in [0.25, 0.3) is 0 Å². The largest absolute Gasteiger partial charge is 0.299 e. The summed E-state index contributed by atoms with van der Waals surface area (Å²) in [6, 6.07) is 0. The van der Waals surface area contributed by atoms with Crippen LogP contribution in [-0.2, 0) is 4.79 Å². The van der Waals surface area contributed by atoms with Crippen LogP contribution in [0.15, 0.2) is 0 Å². The van der Waals surface area contributed by atoms with Crippen LogP contribution in [-0.4, -0.2) is 5.78 Å². The standard InChI is InChI=1S/C8H12O/c1-8-4-6(5-8)2-3-7(8)9/h6H,2-5H2,1H3. The molecule has 0 aromatic heterocycles. The average Bonchev–Trinajstić information content (AvgIpc) is 1.73. The lowest BCUT2D eigenvalue weighted by Crippen LogP contribution is -2.46. The highest BCUT2D eigenvalue weighted by Gasteiger charge is 2.48. The van der Waals surface area contributed by atoms with Crippen molar-refractivity contribution in [3.63, 3.8) is 0 Å². The van der Waals surface area contributed by atoms with Crippen molar-refractivity contribution in [1.82, 2.24) is 0 Å². The molecule has 0 spiro atoms. The summed E-state index contributed by atoms with van der Waals surface area (Å²) in [4.78, 5) is 11.2. The van der Waals surface area contributed by atoms with Gasteiger partial charge in [-0.1, -0.05) is 6.92 Å². The fourth-order valence-electron chi connectivity index (χ4n) is 2.28. The normalized spacial score (nSPS) is 48.6. The van der Waals surface area contributed by atoms with Gasteiger partial charge in [0.1, 0.15) is 5.78 Å². The van der Waals surface area contributed by atoms with Crippen LogP contribution in [0.3, 0.4) is 0 Å². The molecule has 3 fully saturated rings. The van der Waals surface area contributed by atoms with Gasteiger partial charge in [-0.3, -0.25) is 4.79 Å². The Morgan fingerprint density at radius 3 is 2.56 bits per heavy atom. The zero-order valence-corrected chi connectivity index (χ0v) is 5.81. The molecule has 0 saturated heterocycles. The van der Waals surface area contributed by atoms with Crippen molar-refractivity contribution in [2.75, 3.05) is 0 Å². The SMILES string of the molecule is CC12CC(CCC1=O)C2. The summed E-state index contributed by atoms with van der Waals surface area (Å²) in [5.74, 6) is 1.43. The Morgan fingerprint density at radius 2 is 2.22 bits per heavy atom. The van der Waals surface area contributed by atoms with Gasteiger partial charge in [0.25, 0.3) is 0 Å². The number of Topliss-reactive ketones (excluding diaryl/α,β-unsaturated/α-hetero) is 1. The van der Waals surface area contributed by atoms with Crippen LogP contribution in [0.4, 0.5) is 0 Å². The molecule has 50 valence electrons. The Bertz CT molecular complexity index is 154. The molecule has 9 heavy (non-hydrogen) atoms. The first-order chi connectivity index (χ1) is 4.21. The van der Waals surface area contributed by atoms with Crippen molar-refractivity contribution in [2.24, 2.45) is 11.3 Å². The fourth-order valence-corrected chi connectivity index (χ4v) is 2.28. The predicted octanol–water partition coefficient (Wildman–Crippen LogP) is 1.77. The maximum atomic E-state index is 11.2. The molecule has 3 rings (SSSR count). The molecule has 3 saturated carbocycles. The molecule has 0 radical (unpaired) electrons. The molecule has 3 aliphatic carbocycles. The minimum absolute atomic E-state index is 0.142. The van der Waals surface area contributed by atoms with E-state index in [2.05, 4.69) is 6.92 Å². The Balaban J connectivity index is 2.20. The van der Waals surface area contributed by atoms with E-state index in [1.54, 1.807) is 0 Å². The molecule has 2 bridgehead atoms. The zero-order chi connectivity index (χ0) is 6.48. The average molecular weight is 124 g/mol. The van der Waals surface area contributed by atoms with E-state index in [-0.39, 0.29) is 5.41 Å². The minimum atomic E-state index is 0.142. The number of hydrogen-bond donors (Lipinski definition) is 0. The van der Waals surface area contributed by atoms with E-state index in [1.807, 2.05) is 0 Å². The topological polar surface area (TPSA) is 17.1 Å². The molecule has 0 heterocycles. The second-order valence-electron chi connectivity index (χ2n) is 3.80. The number of fused-ring (bicyclic) bond motifs is 2. The first-order valence-electron chi connectivity index (χ1n) is 3.74. The van der Waals surface area contributed by atoms with E-state index < -0.39 is 0 Å². The summed E-state index contributed by atoms with van der Waals surface area (Å²) in [7, 11) is 0. The Labute approximate surface area is 55.4 Å².